The first-order chi connectivity index (χ1) is 7.76. The maximum absolute atomic E-state index is 7.91. The average Bonchev–Trinajstić information content (AvgIpc) is 2.28. The SMILES string of the molecule is CCCSC#N.CCO[SiH](OCC)OCC. The van der Waals surface area contributed by atoms with Crippen LogP contribution in [0.15, 0.2) is 0 Å². The van der Waals surface area contributed by atoms with E-state index in [4.69, 9.17) is 18.5 Å². The lowest BCUT2D eigenvalue weighted by Gasteiger charge is -2.12. The molecule has 0 rings (SSSR count). The lowest BCUT2D eigenvalue weighted by atomic mass is 10.6. The van der Waals surface area contributed by atoms with Gasteiger partial charge in [-0.05, 0) is 39.0 Å². The van der Waals surface area contributed by atoms with Gasteiger partial charge in [0.25, 0.3) is 0 Å². The van der Waals surface area contributed by atoms with Crippen molar-refractivity contribution in [3.63, 3.8) is 0 Å². The first-order valence-corrected chi connectivity index (χ1v) is 8.02. The molecule has 0 spiro atoms. The minimum Gasteiger partial charge on any atom is -0.376 e. The summed E-state index contributed by atoms with van der Waals surface area (Å²) in [5.41, 5.74) is 0. The van der Waals surface area contributed by atoms with Crippen LogP contribution in [0, 0.1) is 10.7 Å². The molecule has 0 aliphatic rings. The van der Waals surface area contributed by atoms with E-state index in [1.165, 1.54) is 11.8 Å². The van der Waals surface area contributed by atoms with Crippen molar-refractivity contribution in [1.82, 2.24) is 0 Å². The van der Waals surface area contributed by atoms with Crippen LogP contribution in [0.1, 0.15) is 34.1 Å². The van der Waals surface area contributed by atoms with Gasteiger partial charge in [0.05, 0.1) is 0 Å². The zero-order chi connectivity index (χ0) is 12.6. The maximum atomic E-state index is 7.91. The Morgan fingerprint density at radius 3 is 1.62 bits per heavy atom. The minimum absolute atomic E-state index is 0.677. The molecule has 0 saturated carbocycles. The second kappa shape index (κ2) is 17.3. The predicted molar refractivity (Wildman–Crippen MR) is 70.4 cm³/mol. The molecule has 0 bridgehead atoms. The predicted octanol–water partition coefficient (Wildman–Crippen LogP) is 2.42. The number of hydrogen-bond acceptors (Lipinski definition) is 5. The Morgan fingerprint density at radius 1 is 1.00 bits per heavy atom. The first-order valence-electron chi connectivity index (χ1n) is 5.62. The van der Waals surface area contributed by atoms with Crippen molar-refractivity contribution >= 4 is 21.3 Å². The smallest absolute Gasteiger partial charge is 0.376 e. The number of nitrogens with zero attached hydrogens (tertiary/aromatic N) is 1. The molecule has 6 heteroatoms. The summed E-state index contributed by atoms with van der Waals surface area (Å²) >= 11 is 1.31. The fraction of sp³-hybridized carbons (Fsp3) is 0.900. The summed E-state index contributed by atoms with van der Waals surface area (Å²) in [4.78, 5) is 0. The fourth-order valence-electron chi connectivity index (χ4n) is 0.700. The molecular weight excluding hydrogens is 242 g/mol. The topological polar surface area (TPSA) is 51.5 Å². The van der Waals surface area contributed by atoms with Crippen molar-refractivity contribution in [2.75, 3.05) is 25.6 Å². The average molecular weight is 265 g/mol. The van der Waals surface area contributed by atoms with Crippen LogP contribution in [0.3, 0.4) is 0 Å². The minimum atomic E-state index is -1.73. The Bertz CT molecular complexity index is 152. The summed E-state index contributed by atoms with van der Waals surface area (Å²) in [6.45, 7) is 9.92. The largest absolute Gasteiger partial charge is 0.484 e. The molecule has 16 heavy (non-hydrogen) atoms. The molecule has 0 aromatic rings. The number of thioether (sulfide) groups is 1. The second-order valence-corrected chi connectivity index (χ2v) is 5.05. The van der Waals surface area contributed by atoms with Gasteiger partial charge < -0.3 is 13.3 Å². The molecule has 0 aromatic heterocycles. The Balaban J connectivity index is 0. The van der Waals surface area contributed by atoms with Crippen LogP contribution in [0.25, 0.3) is 0 Å². The molecule has 0 amide bonds. The molecule has 0 unspecified atom stereocenters. The van der Waals surface area contributed by atoms with Crippen molar-refractivity contribution in [3.05, 3.63) is 0 Å². The van der Waals surface area contributed by atoms with E-state index in [1.54, 1.807) is 0 Å². The van der Waals surface area contributed by atoms with Crippen molar-refractivity contribution in [3.8, 4) is 5.40 Å². The molecule has 0 aliphatic carbocycles. The zero-order valence-corrected chi connectivity index (χ0v) is 12.7. The van der Waals surface area contributed by atoms with Crippen LogP contribution in [0.4, 0.5) is 0 Å². The van der Waals surface area contributed by atoms with Crippen LogP contribution < -0.4 is 0 Å². The monoisotopic (exact) mass is 265 g/mol. The van der Waals surface area contributed by atoms with E-state index < -0.39 is 9.53 Å². The van der Waals surface area contributed by atoms with Crippen LogP contribution in [0.5, 0.6) is 0 Å². The quantitative estimate of drug-likeness (QED) is 0.383. The lowest BCUT2D eigenvalue weighted by molar-refractivity contribution is 0.107. The third-order valence-electron chi connectivity index (χ3n) is 1.28. The number of nitriles is 1. The summed E-state index contributed by atoms with van der Waals surface area (Å²) < 4.78 is 15.7. The van der Waals surface area contributed by atoms with E-state index in [-0.39, 0.29) is 0 Å². The van der Waals surface area contributed by atoms with E-state index in [1.807, 2.05) is 26.2 Å². The van der Waals surface area contributed by atoms with E-state index in [9.17, 15) is 0 Å². The molecule has 0 aromatic carbocycles. The van der Waals surface area contributed by atoms with Crippen LogP contribution in [-0.2, 0) is 13.3 Å². The van der Waals surface area contributed by atoms with Gasteiger partial charge in [-0.2, -0.15) is 5.26 Å². The Kier molecular flexibility index (Phi) is 19.8. The molecular formula is C10H23NO3SSi. The lowest BCUT2D eigenvalue weighted by Crippen LogP contribution is -2.27. The Morgan fingerprint density at radius 2 is 1.44 bits per heavy atom. The van der Waals surface area contributed by atoms with Gasteiger partial charge in [0.1, 0.15) is 5.40 Å². The Labute approximate surface area is 105 Å². The highest BCUT2D eigenvalue weighted by Gasteiger charge is 2.11. The molecule has 0 N–H and O–H groups in total. The second-order valence-electron chi connectivity index (χ2n) is 2.59. The molecule has 4 nitrogen and oxygen atoms in total. The fourth-order valence-corrected chi connectivity index (χ4v) is 2.10. The molecule has 0 saturated heterocycles. The van der Waals surface area contributed by atoms with Gasteiger partial charge in [-0.15, -0.1) is 0 Å². The molecule has 0 atom stereocenters. The number of rotatable bonds is 8. The van der Waals surface area contributed by atoms with Gasteiger partial charge in [0.15, 0.2) is 0 Å². The van der Waals surface area contributed by atoms with E-state index >= 15 is 0 Å². The van der Waals surface area contributed by atoms with Crippen LogP contribution in [-0.4, -0.2) is 35.1 Å². The number of thiocyanates is 1. The van der Waals surface area contributed by atoms with Crippen molar-refractivity contribution in [2.24, 2.45) is 0 Å². The summed E-state index contributed by atoms with van der Waals surface area (Å²) in [7, 11) is -1.73. The third-order valence-corrected chi connectivity index (χ3v) is 3.84. The summed E-state index contributed by atoms with van der Waals surface area (Å²) in [6.07, 6.45) is 1.10. The van der Waals surface area contributed by atoms with Gasteiger partial charge in [-0.1, -0.05) is 6.92 Å². The van der Waals surface area contributed by atoms with Crippen molar-refractivity contribution in [1.29, 1.82) is 5.26 Å². The normalized spacial score (nSPS) is 9.50. The van der Waals surface area contributed by atoms with E-state index in [0.29, 0.717) is 19.8 Å². The zero-order valence-electron chi connectivity index (χ0n) is 10.7. The van der Waals surface area contributed by atoms with E-state index in [0.717, 1.165) is 12.2 Å². The van der Waals surface area contributed by atoms with Gasteiger partial charge in [0.2, 0.25) is 0 Å². The standard InChI is InChI=1S/C6H16O3Si.C4H7NS/c1-4-7-10(8-5-2)9-6-3;1-2-3-6-4-5/h10H,4-6H2,1-3H3;2-3H2,1H3. The van der Waals surface area contributed by atoms with Crippen LogP contribution >= 0.6 is 11.8 Å². The summed E-state index contributed by atoms with van der Waals surface area (Å²) in [6, 6.07) is 0. The van der Waals surface area contributed by atoms with Crippen molar-refractivity contribution < 1.29 is 13.3 Å². The van der Waals surface area contributed by atoms with Gasteiger partial charge in [-0.25, -0.2) is 0 Å². The van der Waals surface area contributed by atoms with Crippen molar-refractivity contribution in [2.45, 2.75) is 34.1 Å². The van der Waals surface area contributed by atoms with Crippen LogP contribution in [0.2, 0.25) is 0 Å². The van der Waals surface area contributed by atoms with Gasteiger partial charge >= 0.3 is 9.53 Å². The molecule has 0 heterocycles. The highest BCUT2D eigenvalue weighted by molar-refractivity contribution is 8.03. The molecule has 96 valence electrons. The highest BCUT2D eigenvalue weighted by atomic mass is 32.2. The van der Waals surface area contributed by atoms with Gasteiger partial charge in [0, 0.05) is 25.6 Å². The maximum Gasteiger partial charge on any atom is 0.484 e. The van der Waals surface area contributed by atoms with E-state index in [2.05, 4.69) is 6.92 Å². The third kappa shape index (κ3) is 16.4. The first kappa shape index (κ1) is 18.3. The molecule has 0 radical (unpaired) electrons. The van der Waals surface area contributed by atoms with Gasteiger partial charge in [-0.3, -0.25) is 0 Å². The molecule has 0 fully saturated rings. The summed E-state index contributed by atoms with van der Waals surface area (Å²) in [5.74, 6) is 0.969. The highest BCUT2D eigenvalue weighted by Crippen LogP contribution is 1.95. The summed E-state index contributed by atoms with van der Waals surface area (Å²) in [5, 5.41) is 9.90. The molecule has 0 aliphatic heterocycles. The Hall–Kier alpha value is -0.0631. The number of hydrogen-bond donors (Lipinski definition) is 0.